The van der Waals surface area contributed by atoms with Crippen molar-refractivity contribution in [1.82, 2.24) is 0 Å². The van der Waals surface area contributed by atoms with Gasteiger partial charge in [0.15, 0.2) is 9.84 Å². The van der Waals surface area contributed by atoms with Crippen LogP contribution in [0.3, 0.4) is 0 Å². The molecule has 7 nitrogen and oxygen atoms in total. The summed E-state index contributed by atoms with van der Waals surface area (Å²) in [5.41, 5.74) is 1.25. The lowest BCUT2D eigenvalue weighted by molar-refractivity contribution is -0.386. The number of ether oxygens (including phenoxy) is 1. The SMILES string of the molecule is CC(C)OCc1ccc(Nc2cccc(S(C)(=O)=O)c2[N+](=O)[O-])cc1. The number of anilines is 2. The third-order valence-corrected chi connectivity index (χ3v) is 4.53. The second kappa shape index (κ2) is 7.62. The molecule has 0 heterocycles. The van der Waals surface area contributed by atoms with Crippen LogP contribution in [0, 0.1) is 10.1 Å². The molecular formula is C17H20N2O5S. The second-order valence-corrected chi connectivity index (χ2v) is 7.85. The van der Waals surface area contributed by atoms with Crippen LogP contribution in [0.1, 0.15) is 19.4 Å². The predicted octanol–water partition coefficient (Wildman–Crippen LogP) is 3.67. The molecule has 0 saturated carbocycles. The first-order valence-corrected chi connectivity index (χ1v) is 9.52. The van der Waals surface area contributed by atoms with Crippen LogP contribution < -0.4 is 5.32 Å². The zero-order chi connectivity index (χ0) is 18.6. The number of nitrogens with one attached hydrogen (secondary N) is 1. The van der Waals surface area contributed by atoms with Gasteiger partial charge in [-0.3, -0.25) is 10.1 Å². The summed E-state index contributed by atoms with van der Waals surface area (Å²) in [6.45, 7) is 4.37. The first-order valence-electron chi connectivity index (χ1n) is 7.63. The highest BCUT2D eigenvalue weighted by molar-refractivity contribution is 7.90. The van der Waals surface area contributed by atoms with Gasteiger partial charge < -0.3 is 10.1 Å². The molecule has 0 fully saturated rings. The number of rotatable bonds is 7. The van der Waals surface area contributed by atoms with Gasteiger partial charge in [-0.1, -0.05) is 18.2 Å². The van der Waals surface area contributed by atoms with E-state index in [0.29, 0.717) is 12.3 Å². The van der Waals surface area contributed by atoms with Crippen molar-refractivity contribution in [1.29, 1.82) is 0 Å². The minimum atomic E-state index is -3.71. The molecule has 0 saturated heterocycles. The summed E-state index contributed by atoms with van der Waals surface area (Å²) in [5.74, 6) is 0. The van der Waals surface area contributed by atoms with E-state index < -0.39 is 20.4 Å². The third kappa shape index (κ3) is 5.01. The number of hydrogen-bond acceptors (Lipinski definition) is 6. The molecule has 2 aromatic rings. The number of nitrogens with zero attached hydrogens (tertiary/aromatic N) is 1. The molecule has 8 heteroatoms. The molecule has 2 aromatic carbocycles. The summed E-state index contributed by atoms with van der Waals surface area (Å²) >= 11 is 0. The topological polar surface area (TPSA) is 98.5 Å². The fraction of sp³-hybridized carbons (Fsp3) is 0.294. The molecule has 0 aliphatic heterocycles. The van der Waals surface area contributed by atoms with Crippen LogP contribution in [-0.4, -0.2) is 25.7 Å². The molecule has 134 valence electrons. The van der Waals surface area contributed by atoms with E-state index in [2.05, 4.69) is 5.32 Å². The fourth-order valence-electron chi connectivity index (χ4n) is 2.21. The Morgan fingerprint density at radius 2 is 1.80 bits per heavy atom. The maximum atomic E-state index is 11.8. The average Bonchev–Trinajstić information content (AvgIpc) is 2.53. The van der Waals surface area contributed by atoms with Gasteiger partial charge in [0.1, 0.15) is 10.6 Å². The van der Waals surface area contributed by atoms with Crippen LogP contribution in [-0.2, 0) is 21.2 Å². The Bertz CT molecular complexity index is 861. The molecule has 0 aliphatic rings. The summed E-state index contributed by atoms with van der Waals surface area (Å²) < 4.78 is 29.1. The highest BCUT2D eigenvalue weighted by Gasteiger charge is 2.26. The second-order valence-electron chi connectivity index (χ2n) is 5.86. The average molecular weight is 364 g/mol. The standard InChI is InChI=1S/C17H20N2O5S/c1-12(2)24-11-13-7-9-14(10-8-13)18-15-5-4-6-16(25(3,22)23)17(15)19(20)21/h4-10,12,18H,11H2,1-3H3. The van der Waals surface area contributed by atoms with E-state index >= 15 is 0 Å². The normalized spacial score (nSPS) is 11.5. The van der Waals surface area contributed by atoms with Gasteiger partial charge in [0, 0.05) is 11.9 Å². The number of nitro groups is 1. The number of para-hydroxylation sites is 1. The first-order chi connectivity index (χ1) is 11.7. The van der Waals surface area contributed by atoms with Crippen LogP contribution in [0.25, 0.3) is 0 Å². The van der Waals surface area contributed by atoms with Crippen molar-refractivity contribution in [2.24, 2.45) is 0 Å². The highest BCUT2D eigenvalue weighted by atomic mass is 32.2. The molecule has 25 heavy (non-hydrogen) atoms. The van der Waals surface area contributed by atoms with E-state index in [1.54, 1.807) is 12.1 Å². The van der Waals surface area contributed by atoms with Gasteiger partial charge in [-0.05, 0) is 43.7 Å². The maximum absolute atomic E-state index is 11.8. The van der Waals surface area contributed by atoms with E-state index in [4.69, 9.17) is 4.74 Å². The van der Waals surface area contributed by atoms with Gasteiger partial charge in [0.05, 0.1) is 17.6 Å². The van der Waals surface area contributed by atoms with Crippen molar-refractivity contribution in [2.45, 2.75) is 31.5 Å². The Hall–Kier alpha value is -2.45. The minimum Gasteiger partial charge on any atom is -0.374 e. The lowest BCUT2D eigenvalue weighted by Crippen LogP contribution is -2.05. The molecule has 0 bridgehead atoms. The van der Waals surface area contributed by atoms with E-state index in [-0.39, 0.29) is 16.7 Å². The summed E-state index contributed by atoms with van der Waals surface area (Å²) in [5, 5.41) is 14.3. The number of sulfone groups is 1. The highest BCUT2D eigenvalue weighted by Crippen LogP contribution is 2.33. The van der Waals surface area contributed by atoms with E-state index in [1.165, 1.54) is 18.2 Å². The summed E-state index contributed by atoms with van der Waals surface area (Å²) in [4.78, 5) is 10.4. The third-order valence-electron chi connectivity index (χ3n) is 3.40. The minimum absolute atomic E-state index is 0.124. The Labute approximate surface area is 146 Å². The van der Waals surface area contributed by atoms with Crippen molar-refractivity contribution >= 4 is 26.9 Å². The van der Waals surface area contributed by atoms with Crippen molar-refractivity contribution in [3.63, 3.8) is 0 Å². The Kier molecular flexibility index (Phi) is 5.76. The van der Waals surface area contributed by atoms with Crippen LogP contribution in [0.15, 0.2) is 47.4 Å². The van der Waals surface area contributed by atoms with Crippen LogP contribution in [0.2, 0.25) is 0 Å². The van der Waals surface area contributed by atoms with Crippen LogP contribution in [0.4, 0.5) is 17.1 Å². The molecule has 2 rings (SSSR count). The van der Waals surface area contributed by atoms with Gasteiger partial charge in [-0.2, -0.15) is 0 Å². The lowest BCUT2D eigenvalue weighted by atomic mass is 10.2. The predicted molar refractivity (Wildman–Crippen MR) is 95.9 cm³/mol. The molecule has 0 amide bonds. The van der Waals surface area contributed by atoms with Crippen LogP contribution in [0.5, 0.6) is 0 Å². The van der Waals surface area contributed by atoms with Crippen molar-refractivity contribution in [3.8, 4) is 0 Å². The van der Waals surface area contributed by atoms with Gasteiger partial charge in [-0.25, -0.2) is 8.42 Å². The van der Waals surface area contributed by atoms with E-state index in [1.807, 2.05) is 26.0 Å². The summed E-state index contributed by atoms with van der Waals surface area (Å²) in [6, 6.07) is 11.4. The van der Waals surface area contributed by atoms with Gasteiger partial charge in [0.25, 0.3) is 0 Å². The molecule has 0 unspecified atom stereocenters. The van der Waals surface area contributed by atoms with Gasteiger partial charge >= 0.3 is 5.69 Å². The number of benzene rings is 2. The molecule has 0 radical (unpaired) electrons. The lowest BCUT2D eigenvalue weighted by Gasteiger charge is -2.11. The summed E-state index contributed by atoms with van der Waals surface area (Å²) in [7, 11) is -3.71. The zero-order valence-corrected chi connectivity index (χ0v) is 15.0. The quantitative estimate of drug-likeness (QED) is 0.594. The molecule has 0 aliphatic carbocycles. The largest absolute Gasteiger partial charge is 0.374 e. The molecule has 0 spiro atoms. The zero-order valence-electron chi connectivity index (χ0n) is 14.2. The van der Waals surface area contributed by atoms with Crippen molar-refractivity contribution in [2.75, 3.05) is 11.6 Å². The van der Waals surface area contributed by atoms with Gasteiger partial charge in [-0.15, -0.1) is 0 Å². The van der Waals surface area contributed by atoms with E-state index in [0.717, 1.165) is 11.8 Å². The molecule has 1 N–H and O–H groups in total. The number of nitro benzene ring substituents is 1. The smallest absolute Gasteiger partial charge is 0.311 e. The van der Waals surface area contributed by atoms with Gasteiger partial charge in [0.2, 0.25) is 0 Å². The molecule has 0 atom stereocenters. The summed E-state index contributed by atoms with van der Waals surface area (Å²) in [6.07, 6.45) is 1.07. The number of hydrogen-bond donors (Lipinski definition) is 1. The van der Waals surface area contributed by atoms with Crippen LogP contribution >= 0.6 is 0 Å². The first kappa shape index (κ1) is 18.9. The maximum Gasteiger partial charge on any atom is 0.311 e. The molecule has 0 aromatic heterocycles. The Balaban J connectivity index is 2.30. The van der Waals surface area contributed by atoms with Crippen molar-refractivity contribution in [3.05, 3.63) is 58.1 Å². The fourth-order valence-corrected chi connectivity index (χ4v) is 3.07. The monoisotopic (exact) mass is 364 g/mol. The van der Waals surface area contributed by atoms with E-state index in [9.17, 15) is 18.5 Å². The van der Waals surface area contributed by atoms with Crippen molar-refractivity contribution < 1.29 is 18.1 Å². The molecular weight excluding hydrogens is 344 g/mol. The Morgan fingerprint density at radius 3 is 2.32 bits per heavy atom. The Morgan fingerprint density at radius 1 is 1.16 bits per heavy atom.